The number of nitrogens with one attached hydrogen (secondary N) is 1. The fourth-order valence-corrected chi connectivity index (χ4v) is 3.26. The van der Waals surface area contributed by atoms with Gasteiger partial charge in [0.25, 0.3) is 0 Å². The topological polar surface area (TPSA) is 89.7 Å². The van der Waals surface area contributed by atoms with E-state index in [4.69, 9.17) is 20.9 Å². The van der Waals surface area contributed by atoms with Gasteiger partial charge in [0.1, 0.15) is 11.6 Å². The lowest BCUT2D eigenvalue weighted by molar-refractivity contribution is 0.391. The van der Waals surface area contributed by atoms with Gasteiger partial charge >= 0.3 is 0 Å². The monoisotopic (exact) mass is 417 g/mol. The number of ether oxygens (including phenoxy) is 1. The van der Waals surface area contributed by atoms with Gasteiger partial charge in [-0.25, -0.2) is 9.37 Å². The molecular formula is C18H13ClFN5O2S. The van der Waals surface area contributed by atoms with Gasteiger partial charge < -0.3 is 9.26 Å². The molecular weight excluding hydrogens is 405 g/mol. The predicted octanol–water partition coefficient (Wildman–Crippen LogP) is 4.62. The Labute approximate surface area is 168 Å². The maximum absolute atomic E-state index is 13.0. The summed E-state index contributed by atoms with van der Waals surface area (Å²) in [6.45, 7) is 0. The van der Waals surface area contributed by atoms with Crippen LogP contribution in [-0.2, 0) is 5.75 Å². The molecule has 0 fully saturated rings. The first-order chi connectivity index (χ1) is 13.6. The van der Waals surface area contributed by atoms with E-state index in [9.17, 15) is 4.39 Å². The fraction of sp³-hybridized carbons (Fsp3) is 0.111. The molecule has 2 heterocycles. The maximum Gasteiger partial charge on any atom is 0.237 e. The number of benzene rings is 2. The van der Waals surface area contributed by atoms with Crippen molar-refractivity contribution in [3.05, 3.63) is 59.2 Å². The fourth-order valence-electron chi connectivity index (χ4n) is 2.45. The van der Waals surface area contributed by atoms with E-state index < -0.39 is 0 Å². The Kier molecular flexibility index (Phi) is 5.27. The van der Waals surface area contributed by atoms with Crippen molar-refractivity contribution in [1.82, 2.24) is 25.3 Å². The first-order valence-corrected chi connectivity index (χ1v) is 9.46. The van der Waals surface area contributed by atoms with E-state index in [1.54, 1.807) is 37.4 Å². The Bertz CT molecular complexity index is 1100. The lowest BCUT2D eigenvalue weighted by Crippen LogP contribution is -1.89. The van der Waals surface area contributed by atoms with Crippen LogP contribution in [0, 0.1) is 5.82 Å². The van der Waals surface area contributed by atoms with Gasteiger partial charge in [0.15, 0.2) is 5.82 Å². The van der Waals surface area contributed by atoms with E-state index in [0.29, 0.717) is 50.3 Å². The van der Waals surface area contributed by atoms with Gasteiger partial charge in [-0.05, 0) is 42.5 Å². The van der Waals surface area contributed by atoms with Gasteiger partial charge in [-0.15, -0.1) is 5.10 Å². The highest BCUT2D eigenvalue weighted by atomic mass is 35.5. The molecule has 0 aliphatic rings. The number of methoxy groups -OCH3 is 1. The Morgan fingerprint density at radius 3 is 2.79 bits per heavy atom. The van der Waals surface area contributed by atoms with Gasteiger partial charge in [-0.1, -0.05) is 28.5 Å². The molecule has 4 rings (SSSR count). The van der Waals surface area contributed by atoms with Crippen molar-refractivity contribution in [3.63, 3.8) is 0 Å². The first kappa shape index (κ1) is 18.5. The minimum absolute atomic E-state index is 0.320. The highest BCUT2D eigenvalue weighted by molar-refractivity contribution is 7.98. The molecule has 0 spiro atoms. The van der Waals surface area contributed by atoms with Crippen LogP contribution in [0.25, 0.3) is 22.8 Å². The molecule has 0 aliphatic carbocycles. The average Bonchev–Trinajstić information content (AvgIpc) is 3.36. The molecule has 2 aromatic carbocycles. The van der Waals surface area contributed by atoms with Crippen LogP contribution < -0.4 is 4.74 Å². The molecule has 10 heteroatoms. The molecule has 1 N–H and O–H groups in total. The van der Waals surface area contributed by atoms with Crippen LogP contribution in [0.15, 0.2) is 52.1 Å². The lowest BCUT2D eigenvalue weighted by atomic mass is 10.2. The van der Waals surface area contributed by atoms with Gasteiger partial charge in [0, 0.05) is 10.6 Å². The smallest absolute Gasteiger partial charge is 0.237 e. The lowest BCUT2D eigenvalue weighted by Gasteiger charge is -2.05. The third-order valence-electron chi connectivity index (χ3n) is 3.78. The molecule has 7 nitrogen and oxygen atoms in total. The predicted molar refractivity (Wildman–Crippen MR) is 103 cm³/mol. The third kappa shape index (κ3) is 4.00. The molecule has 0 radical (unpaired) electrons. The number of H-pyrrole nitrogens is 1. The molecule has 28 heavy (non-hydrogen) atoms. The summed E-state index contributed by atoms with van der Waals surface area (Å²) in [5.74, 6) is 2.06. The molecule has 0 amide bonds. The Morgan fingerprint density at radius 2 is 2.00 bits per heavy atom. The number of rotatable bonds is 6. The van der Waals surface area contributed by atoms with E-state index in [1.807, 2.05) is 0 Å². The molecule has 2 aromatic heterocycles. The average molecular weight is 418 g/mol. The summed E-state index contributed by atoms with van der Waals surface area (Å²) in [6.07, 6.45) is 0. The molecule has 0 aliphatic heterocycles. The number of aromatic nitrogens is 5. The normalized spacial score (nSPS) is 11.0. The van der Waals surface area contributed by atoms with Crippen molar-refractivity contribution >= 4 is 23.4 Å². The molecule has 0 atom stereocenters. The molecule has 0 saturated heterocycles. The second kappa shape index (κ2) is 7.99. The van der Waals surface area contributed by atoms with Crippen molar-refractivity contribution in [1.29, 1.82) is 0 Å². The number of halogens is 2. The highest BCUT2D eigenvalue weighted by Crippen LogP contribution is 2.31. The van der Waals surface area contributed by atoms with Crippen LogP contribution in [0.3, 0.4) is 0 Å². The number of hydrogen-bond donors (Lipinski definition) is 1. The van der Waals surface area contributed by atoms with E-state index in [-0.39, 0.29) is 5.82 Å². The zero-order chi connectivity index (χ0) is 19.5. The Hall–Kier alpha value is -2.91. The summed E-state index contributed by atoms with van der Waals surface area (Å²) in [6, 6.07) is 11.1. The van der Waals surface area contributed by atoms with Crippen LogP contribution in [0.4, 0.5) is 4.39 Å². The van der Waals surface area contributed by atoms with Crippen LogP contribution >= 0.6 is 23.4 Å². The summed E-state index contributed by atoms with van der Waals surface area (Å²) in [5.41, 5.74) is 1.39. The number of thioether (sulfide) groups is 1. The minimum Gasteiger partial charge on any atom is -0.496 e. The van der Waals surface area contributed by atoms with Crippen LogP contribution in [0.2, 0.25) is 5.02 Å². The number of aromatic amines is 1. The maximum atomic E-state index is 13.0. The SMILES string of the molecule is COc1ccc(Cl)cc1-c1nc(SCc2nc(-c3ccc(F)cc3)no2)n[nH]1. The number of nitrogens with zero attached hydrogens (tertiary/aromatic N) is 4. The Morgan fingerprint density at radius 1 is 1.18 bits per heavy atom. The molecule has 0 unspecified atom stereocenters. The highest BCUT2D eigenvalue weighted by Gasteiger charge is 2.14. The van der Waals surface area contributed by atoms with Crippen molar-refractivity contribution in [2.75, 3.05) is 7.11 Å². The van der Waals surface area contributed by atoms with Gasteiger partial charge in [0.05, 0.1) is 18.4 Å². The van der Waals surface area contributed by atoms with Crippen molar-refractivity contribution in [2.24, 2.45) is 0 Å². The zero-order valence-electron chi connectivity index (χ0n) is 14.5. The van der Waals surface area contributed by atoms with Gasteiger partial charge in [0.2, 0.25) is 16.9 Å². The molecule has 142 valence electrons. The Balaban J connectivity index is 1.46. The first-order valence-electron chi connectivity index (χ1n) is 8.10. The quantitative estimate of drug-likeness (QED) is 0.458. The minimum atomic E-state index is -0.320. The summed E-state index contributed by atoms with van der Waals surface area (Å²) < 4.78 is 23.6. The van der Waals surface area contributed by atoms with Gasteiger partial charge in [-0.3, -0.25) is 5.10 Å². The standard InChI is InChI=1S/C18H13ClFN5O2S/c1-26-14-7-4-11(19)8-13(14)17-22-18(24-23-17)28-9-15-21-16(25-27-15)10-2-5-12(20)6-3-10/h2-8H,9H2,1H3,(H,22,23,24). The summed E-state index contributed by atoms with van der Waals surface area (Å²) in [7, 11) is 1.58. The van der Waals surface area contributed by atoms with E-state index in [0.717, 1.165) is 0 Å². The molecule has 0 bridgehead atoms. The summed E-state index contributed by atoms with van der Waals surface area (Å²) >= 11 is 7.40. The van der Waals surface area contributed by atoms with Crippen LogP contribution in [0.1, 0.15) is 5.89 Å². The number of hydrogen-bond acceptors (Lipinski definition) is 7. The molecule has 0 saturated carbocycles. The van der Waals surface area contributed by atoms with E-state index in [1.165, 1.54) is 23.9 Å². The second-order valence-corrected chi connectivity index (χ2v) is 7.00. The largest absolute Gasteiger partial charge is 0.496 e. The zero-order valence-corrected chi connectivity index (χ0v) is 16.1. The summed E-state index contributed by atoms with van der Waals surface area (Å²) in [4.78, 5) is 8.75. The van der Waals surface area contributed by atoms with E-state index in [2.05, 4.69) is 25.3 Å². The van der Waals surface area contributed by atoms with Gasteiger partial charge in [-0.2, -0.15) is 4.98 Å². The van der Waals surface area contributed by atoms with Crippen molar-refractivity contribution in [3.8, 4) is 28.5 Å². The van der Waals surface area contributed by atoms with E-state index >= 15 is 0 Å². The second-order valence-electron chi connectivity index (χ2n) is 5.62. The molecule has 4 aromatic rings. The van der Waals surface area contributed by atoms with Crippen LogP contribution in [-0.4, -0.2) is 32.4 Å². The summed E-state index contributed by atoms with van der Waals surface area (Å²) in [5, 5.41) is 12.1. The third-order valence-corrected chi connectivity index (χ3v) is 4.84. The van der Waals surface area contributed by atoms with Crippen LogP contribution in [0.5, 0.6) is 5.75 Å². The van der Waals surface area contributed by atoms with Crippen molar-refractivity contribution in [2.45, 2.75) is 10.9 Å². The van der Waals surface area contributed by atoms with Crippen molar-refractivity contribution < 1.29 is 13.7 Å².